The Balaban J connectivity index is 1.50. The van der Waals surface area contributed by atoms with Gasteiger partial charge < -0.3 is 9.30 Å². The van der Waals surface area contributed by atoms with Crippen LogP contribution in [0.4, 0.5) is 13.2 Å². The summed E-state index contributed by atoms with van der Waals surface area (Å²) in [6, 6.07) is 9.69. The van der Waals surface area contributed by atoms with Crippen molar-refractivity contribution >= 4 is 5.97 Å². The minimum atomic E-state index is -4.50. The van der Waals surface area contributed by atoms with E-state index < -0.39 is 11.9 Å². The summed E-state index contributed by atoms with van der Waals surface area (Å²) in [6.07, 6.45) is -0.0697. The number of pyridine rings is 1. The number of carbonyl (C=O) groups is 1. The molecule has 3 heterocycles. The fourth-order valence-electron chi connectivity index (χ4n) is 3.47. The minimum absolute atomic E-state index is 0.164. The SMILES string of the molecule is COC(=O)C1CCc2nc(-c3ccc(C#Cc4ccnc(C(F)(F)F)c4)cc3)cn2C1. The Kier molecular flexibility index (Phi) is 5.51. The molecule has 4 rings (SSSR count). The zero-order valence-electron chi connectivity index (χ0n) is 16.6. The fourth-order valence-corrected chi connectivity index (χ4v) is 3.47. The lowest BCUT2D eigenvalue weighted by Gasteiger charge is -2.21. The number of nitrogens with zero attached hydrogens (tertiary/aromatic N) is 3. The van der Waals surface area contributed by atoms with Crippen molar-refractivity contribution in [3.8, 4) is 23.1 Å². The first kappa shape index (κ1) is 20.7. The Morgan fingerprint density at radius 2 is 1.90 bits per heavy atom. The summed E-state index contributed by atoms with van der Waals surface area (Å²) < 4.78 is 45.1. The number of benzene rings is 1. The average Bonchev–Trinajstić information content (AvgIpc) is 3.20. The standard InChI is InChI=1S/C23H18F3N3O2/c1-31-22(30)18-8-9-21-28-19(14-29(21)13-18)17-6-4-15(5-7-17)2-3-16-10-11-27-20(12-16)23(24,25)26/h4-7,10-12,14,18H,8-9,13H2,1H3. The van der Waals surface area contributed by atoms with Crippen molar-refractivity contribution in [2.24, 2.45) is 5.92 Å². The van der Waals surface area contributed by atoms with E-state index in [2.05, 4.69) is 21.8 Å². The van der Waals surface area contributed by atoms with Gasteiger partial charge in [0.05, 0.1) is 18.7 Å². The molecule has 8 heteroatoms. The number of imidazole rings is 1. The third-order valence-electron chi connectivity index (χ3n) is 5.11. The monoisotopic (exact) mass is 425 g/mol. The van der Waals surface area contributed by atoms with E-state index in [1.165, 1.54) is 13.2 Å². The van der Waals surface area contributed by atoms with E-state index in [0.717, 1.165) is 29.3 Å². The van der Waals surface area contributed by atoms with E-state index in [0.29, 0.717) is 24.9 Å². The highest BCUT2D eigenvalue weighted by atomic mass is 19.4. The van der Waals surface area contributed by atoms with Crippen LogP contribution < -0.4 is 0 Å². The van der Waals surface area contributed by atoms with E-state index in [1.54, 1.807) is 12.1 Å². The molecule has 1 unspecified atom stereocenters. The van der Waals surface area contributed by atoms with Crippen molar-refractivity contribution < 1.29 is 22.7 Å². The van der Waals surface area contributed by atoms with Gasteiger partial charge in [-0.05, 0) is 30.7 Å². The zero-order chi connectivity index (χ0) is 22.0. The summed E-state index contributed by atoms with van der Waals surface area (Å²) in [5, 5.41) is 0. The molecule has 1 atom stereocenters. The summed E-state index contributed by atoms with van der Waals surface area (Å²) in [6.45, 7) is 0.546. The van der Waals surface area contributed by atoms with Gasteiger partial charge in [0.25, 0.3) is 0 Å². The lowest BCUT2D eigenvalue weighted by atomic mass is 10.00. The Hall–Kier alpha value is -3.60. The molecule has 0 aliphatic carbocycles. The Morgan fingerprint density at radius 1 is 1.16 bits per heavy atom. The van der Waals surface area contributed by atoms with Gasteiger partial charge in [-0.15, -0.1) is 0 Å². The molecule has 158 valence electrons. The Bertz CT molecular complexity index is 1170. The second-order valence-corrected chi connectivity index (χ2v) is 7.21. The van der Waals surface area contributed by atoms with Crippen LogP contribution in [0.15, 0.2) is 48.8 Å². The molecule has 5 nitrogen and oxygen atoms in total. The van der Waals surface area contributed by atoms with Crippen LogP contribution in [0.25, 0.3) is 11.3 Å². The van der Waals surface area contributed by atoms with Crippen LogP contribution in [0.2, 0.25) is 0 Å². The number of hydrogen-bond acceptors (Lipinski definition) is 4. The van der Waals surface area contributed by atoms with Crippen molar-refractivity contribution in [2.75, 3.05) is 7.11 Å². The number of fused-ring (bicyclic) bond motifs is 1. The van der Waals surface area contributed by atoms with Gasteiger partial charge in [-0.1, -0.05) is 24.0 Å². The third-order valence-corrected chi connectivity index (χ3v) is 5.11. The second kappa shape index (κ2) is 8.26. The molecule has 0 fully saturated rings. The lowest BCUT2D eigenvalue weighted by Crippen LogP contribution is -2.27. The van der Waals surface area contributed by atoms with Crippen LogP contribution in [0.1, 0.15) is 29.1 Å². The summed E-state index contributed by atoms with van der Waals surface area (Å²) in [7, 11) is 1.39. The van der Waals surface area contributed by atoms with Gasteiger partial charge in [0.15, 0.2) is 0 Å². The van der Waals surface area contributed by atoms with Gasteiger partial charge in [0, 0.05) is 42.0 Å². The maximum absolute atomic E-state index is 12.8. The number of aryl methyl sites for hydroxylation is 1. The molecule has 0 saturated carbocycles. The van der Waals surface area contributed by atoms with E-state index >= 15 is 0 Å². The number of methoxy groups -OCH3 is 1. The van der Waals surface area contributed by atoms with Crippen LogP contribution >= 0.6 is 0 Å². The van der Waals surface area contributed by atoms with Crippen LogP contribution in [0.5, 0.6) is 0 Å². The summed E-state index contributed by atoms with van der Waals surface area (Å²) in [5.41, 5.74) is 1.64. The van der Waals surface area contributed by atoms with Gasteiger partial charge in [0.2, 0.25) is 0 Å². The first-order valence-electron chi connectivity index (χ1n) is 9.63. The molecule has 1 aromatic carbocycles. The highest BCUT2D eigenvalue weighted by Gasteiger charge is 2.32. The number of carbonyl (C=O) groups excluding carboxylic acids is 1. The zero-order valence-corrected chi connectivity index (χ0v) is 16.6. The minimum Gasteiger partial charge on any atom is -0.469 e. The fraction of sp³-hybridized carbons (Fsp3) is 0.261. The third kappa shape index (κ3) is 4.61. The van der Waals surface area contributed by atoms with Gasteiger partial charge in [-0.3, -0.25) is 9.78 Å². The summed E-state index contributed by atoms with van der Waals surface area (Å²) in [4.78, 5) is 19.8. The predicted octanol–water partition coefficient (Wildman–Crippen LogP) is 4.10. The number of alkyl halides is 3. The number of hydrogen-bond donors (Lipinski definition) is 0. The Morgan fingerprint density at radius 3 is 2.61 bits per heavy atom. The smallest absolute Gasteiger partial charge is 0.433 e. The van der Waals surface area contributed by atoms with Crippen LogP contribution in [0, 0.1) is 17.8 Å². The van der Waals surface area contributed by atoms with Gasteiger partial charge in [-0.25, -0.2) is 4.98 Å². The normalized spacial score (nSPS) is 15.5. The van der Waals surface area contributed by atoms with Crippen molar-refractivity contribution in [2.45, 2.75) is 25.6 Å². The quantitative estimate of drug-likeness (QED) is 0.458. The molecule has 1 aliphatic heterocycles. The molecular formula is C23H18F3N3O2. The molecule has 2 aromatic heterocycles. The number of aromatic nitrogens is 3. The van der Waals surface area contributed by atoms with Crippen molar-refractivity contribution in [1.82, 2.24) is 14.5 Å². The molecule has 31 heavy (non-hydrogen) atoms. The molecule has 0 bridgehead atoms. The molecule has 1 aliphatic rings. The van der Waals surface area contributed by atoms with E-state index in [4.69, 9.17) is 4.74 Å². The summed E-state index contributed by atoms with van der Waals surface area (Å²) >= 11 is 0. The second-order valence-electron chi connectivity index (χ2n) is 7.21. The van der Waals surface area contributed by atoms with E-state index in [-0.39, 0.29) is 17.5 Å². The number of rotatable bonds is 2. The maximum Gasteiger partial charge on any atom is 0.433 e. The lowest BCUT2D eigenvalue weighted by molar-refractivity contribution is -0.146. The van der Waals surface area contributed by atoms with Crippen molar-refractivity contribution in [3.63, 3.8) is 0 Å². The van der Waals surface area contributed by atoms with Crippen LogP contribution in [0.3, 0.4) is 0 Å². The van der Waals surface area contributed by atoms with Gasteiger partial charge in [-0.2, -0.15) is 13.2 Å². The molecular weight excluding hydrogens is 407 g/mol. The van der Waals surface area contributed by atoms with Crippen LogP contribution in [-0.2, 0) is 28.7 Å². The number of halogens is 3. The highest BCUT2D eigenvalue weighted by molar-refractivity contribution is 5.72. The maximum atomic E-state index is 12.8. The molecule has 0 spiro atoms. The largest absolute Gasteiger partial charge is 0.469 e. The predicted molar refractivity (Wildman–Crippen MR) is 107 cm³/mol. The highest BCUT2D eigenvalue weighted by Crippen LogP contribution is 2.28. The number of esters is 1. The van der Waals surface area contributed by atoms with Gasteiger partial charge >= 0.3 is 12.1 Å². The van der Waals surface area contributed by atoms with Crippen LogP contribution in [-0.4, -0.2) is 27.6 Å². The number of ether oxygens (including phenoxy) is 1. The average molecular weight is 425 g/mol. The van der Waals surface area contributed by atoms with Gasteiger partial charge in [0.1, 0.15) is 11.5 Å². The topological polar surface area (TPSA) is 57.0 Å². The summed E-state index contributed by atoms with van der Waals surface area (Å²) in [5.74, 6) is 6.17. The first-order chi connectivity index (χ1) is 14.8. The molecule has 0 amide bonds. The van der Waals surface area contributed by atoms with Crippen molar-refractivity contribution in [3.05, 3.63) is 71.4 Å². The molecule has 0 saturated heterocycles. The molecule has 0 N–H and O–H groups in total. The Labute approximate surface area is 176 Å². The van der Waals surface area contributed by atoms with E-state index in [1.807, 2.05) is 22.9 Å². The van der Waals surface area contributed by atoms with E-state index in [9.17, 15) is 18.0 Å². The first-order valence-corrected chi connectivity index (χ1v) is 9.63. The molecule has 3 aromatic rings. The van der Waals surface area contributed by atoms with Crippen molar-refractivity contribution in [1.29, 1.82) is 0 Å². The molecule has 0 radical (unpaired) electrons.